The fourth-order valence-corrected chi connectivity index (χ4v) is 4.56. The van der Waals surface area contributed by atoms with Crippen molar-refractivity contribution >= 4 is 21.9 Å². The van der Waals surface area contributed by atoms with Gasteiger partial charge in [-0.05, 0) is 28.8 Å². The zero-order valence-corrected chi connectivity index (χ0v) is 22.0. The molecular weight excluding hydrogens is 526 g/mol. The summed E-state index contributed by atoms with van der Waals surface area (Å²) in [5, 5.41) is -0.540. The van der Waals surface area contributed by atoms with Crippen molar-refractivity contribution in [3.63, 3.8) is 0 Å². The maximum Gasteiger partial charge on any atom is 0.164 e. The molecule has 6 aromatic carbocycles. The Morgan fingerprint density at radius 1 is 0.442 bits per heavy atom. The number of hydrogen-bond acceptors (Lipinski definition) is 4. The van der Waals surface area contributed by atoms with Crippen LogP contribution in [0.25, 0.3) is 78.4 Å². The fourth-order valence-electron chi connectivity index (χ4n) is 4.56. The molecule has 4 heteroatoms. The molecule has 0 radical (unpaired) electrons. The van der Waals surface area contributed by atoms with E-state index in [9.17, 15) is 1.37 Å². The first-order chi connectivity index (χ1) is 27.6. The van der Waals surface area contributed by atoms with Crippen LogP contribution in [0, 0.1) is 0 Å². The number of aromatic nitrogens is 3. The third kappa shape index (κ3) is 4.65. The average molecular weight is 567 g/mol. The van der Waals surface area contributed by atoms with Gasteiger partial charge in [0.15, 0.2) is 17.5 Å². The molecule has 0 bridgehead atoms. The van der Waals surface area contributed by atoms with Gasteiger partial charge in [-0.3, -0.25) is 0 Å². The lowest BCUT2D eigenvalue weighted by atomic mass is 9.99. The third-order valence-corrected chi connectivity index (χ3v) is 6.61. The van der Waals surface area contributed by atoms with Crippen molar-refractivity contribution in [2.75, 3.05) is 0 Å². The number of rotatable bonds is 5. The molecular formula is C39H25N3O. The van der Waals surface area contributed by atoms with Crippen molar-refractivity contribution in [1.29, 1.82) is 0 Å². The van der Waals surface area contributed by atoms with Crippen molar-refractivity contribution in [1.82, 2.24) is 15.0 Å². The minimum Gasteiger partial charge on any atom is -0.455 e. The minimum atomic E-state index is -0.823. The first kappa shape index (κ1) is 13.9. The van der Waals surface area contributed by atoms with Crippen LogP contribution in [0.2, 0.25) is 0 Å². The molecule has 0 atom stereocenters. The fraction of sp³-hybridized carbons (Fsp3) is 0. The van der Waals surface area contributed by atoms with Gasteiger partial charge in [0.05, 0.1) is 20.6 Å². The lowest BCUT2D eigenvalue weighted by Gasteiger charge is -2.08. The Labute approximate surface area is 270 Å². The number of hydrogen-bond donors (Lipinski definition) is 0. The monoisotopic (exact) mass is 566 g/mol. The SMILES string of the molecule is [2H]c1c([2H])c([2H])c(-c2c([2H])c([2H])c(-c3c([2H])c([2H])c([2H])c4c3oc3c([2H])c(-c5nc(-c6ccccc6)nc(-c6ccccc6)n5)c([2H])c([2H])c34)c([2H])c2[2H])c([2H])c1[2H]. The Balaban J connectivity index is 1.44. The molecule has 2 aromatic heterocycles. The lowest BCUT2D eigenvalue weighted by Crippen LogP contribution is -2.00. The third-order valence-electron chi connectivity index (χ3n) is 6.61. The van der Waals surface area contributed by atoms with E-state index in [1.165, 1.54) is 0 Å². The van der Waals surface area contributed by atoms with Crippen LogP contribution in [0.15, 0.2) is 156 Å². The van der Waals surface area contributed by atoms with E-state index >= 15 is 0 Å². The minimum absolute atomic E-state index is 0.143. The summed E-state index contributed by atoms with van der Waals surface area (Å²) in [5.41, 5.74) is -2.05. The van der Waals surface area contributed by atoms with Gasteiger partial charge in [0.25, 0.3) is 0 Å². The van der Waals surface area contributed by atoms with Gasteiger partial charge in [-0.2, -0.15) is 0 Å². The standard InChI is InChI=1S/C39H25N3O/c1-4-11-26(12-5-1)27-19-21-28(22-20-27)32-17-10-18-34-33-24-23-31(25-35(33)43-36(32)34)39-41-37(29-13-6-2-7-14-29)40-38(42-39)30-15-8-3-9-16-30/h1-25H/i1D,4D,5D,10D,11D,12D,17D,18D,19D,20D,21D,22D,23D,24D,25D. The Kier molecular flexibility index (Phi) is 3.39. The molecule has 0 aliphatic carbocycles. The van der Waals surface area contributed by atoms with Crippen LogP contribution in [0.4, 0.5) is 0 Å². The van der Waals surface area contributed by atoms with E-state index in [4.69, 9.17) is 23.6 Å². The van der Waals surface area contributed by atoms with E-state index in [1.54, 1.807) is 48.5 Å². The summed E-state index contributed by atoms with van der Waals surface area (Å²) >= 11 is 0. The Morgan fingerprint density at radius 3 is 1.65 bits per heavy atom. The van der Waals surface area contributed by atoms with Gasteiger partial charge < -0.3 is 4.42 Å². The molecule has 0 aliphatic rings. The molecule has 0 amide bonds. The van der Waals surface area contributed by atoms with Crippen molar-refractivity contribution in [3.05, 3.63) is 151 Å². The second-order valence-corrected chi connectivity index (χ2v) is 9.30. The van der Waals surface area contributed by atoms with Crippen LogP contribution in [0.3, 0.4) is 0 Å². The Hall–Kier alpha value is -5.87. The highest BCUT2D eigenvalue weighted by molar-refractivity contribution is 6.10. The highest BCUT2D eigenvalue weighted by Gasteiger charge is 2.16. The second kappa shape index (κ2) is 10.5. The number of furan rings is 1. The van der Waals surface area contributed by atoms with Crippen molar-refractivity contribution in [3.8, 4) is 56.4 Å². The molecule has 0 saturated heterocycles. The summed E-state index contributed by atoms with van der Waals surface area (Å²) in [4.78, 5) is 13.8. The van der Waals surface area contributed by atoms with Gasteiger partial charge >= 0.3 is 0 Å². The summed E-state index contributed by atoms with van der Waals surface area (Å²) in [7, 11) is 0. The van der Waals surface area contributed by atoms with E-state index in [0.29, 0.717) is 11.1 Å². The molecule has 0 unspecified atom stereocenters. The maximum absolute atomic E-state index is 9.35. The molecule has 8 aromatic rings. The highest BCUT2D eigenvalue weighted by atomic mass is 16.3. The molecule has 0 saturated carbocycles. The zero-order valence-electron chi connectivity index (χ0n) is 37.0. The van der Waals surface area contributed by atoms with Gasteiger partial charge in [-0.25, -0.2) is 15.0 Å². The van der Waals surface area contributed by atoms with Gasteiger partial charge in [0, 0.05) is 33.0 Å². The van der Waals surface area contributed by atoms with Crippen LogP contribution >= 0.6 is 0 Å². The quantitative estimate of drug-likeness (QED) is 0.208. The zero-order chi connectivity index (χ0) is 41.6. The van der Waals surface area contributed by atoms with Crippen LogP contribution in [0.5, 0.6) is 0 Å². The van der Waals surface area contributed by atoms with Crippen LogP contribution in [-0.2, 0) is 0 Å². The number of nitrogens with zero attached hydrogens (tertiary/aromatic N) is 3. The Morgan fingerprint density at radius 2 is 1.00 bits per heavy atom. The molecule has 0 spiro atoms. The molecule has 2 heterocycles. The topological polar surface area (TPSA) is 51.8 Å². The maximum atomic E-state index is 9.35. The molecule has 8 rings (SSSR count). The van der Waals surface area contributed by atoms with E-state index in [-0.39, 0.29) is 39.4 Å². The van der Waals surface area contributed by atoms with Gasteiger partial charge in [0.2, 0.25) is 0 Å². The number of para-hydroxylation sites is 1. The first-order valence-electron chi connectivity index (χ1n) is 20.6. The number of fused-ring (bicyclic) bond motifs is 3. The first-order valence-corrected chi connectivity index (χ1v) is 13.1. The molecule has 0 fully saturated rings. The second-order valence-electron chi connectivity index (χ2n) is 9.30. The van der Waals surface area contributed by atoms with Crippen molar-refractivity contribution < 1.29 is 25.0 Å². The van der Waals surface area contributed by atoms with Crippen molar-refractivity contribution in [2.45, 2.75) is 0 Å². The van der Waals surface area contributed by atoms with Crippen molar-refractivity contribution in [2.24, 2.45) is 0 Å². The van der Waals surface area contributed by atoms with E-state index < -0.39 is 118 Å². The predicted octanol–water partition coefficient (Wildman–Crippen LogP) is 10.1. The predicted molar refractivity (Wildman–Crippen MR) is 174 cm³/mol. The largest absolute Gasteiger partial charge is 0.455 e. The Bertz CT molecular complexity index is 2950. The molecule has 43 heavy (non-hydrogen) atoms. The van der Waals surface area contributed by atoms with Gasteiger partial charge in [-0.15, -0.1) is 0 Å². The average Bonchev–Trinajstić information content (AvgIpc) is 3.64. The van der Waals surface area contributed by atoms with E-state index in [0.717, 1.165) is 0 Å². The van der Waals surface area contributed by atoms with Crippen LogP contribution in [-0.4, -0.2) is 15.0 Å². The smallest absolute Gasteiger partial charge is 0.164 e. The summed E-state index contributed by atoms with van der Waals surface area (Å²) in [5.74, 6) is 0.279. The molecule has 0 N–H and O–H groups in total. The van der Waals surface area contributed by atoms with Gasteiger partial charge in [-0.1, -0.05) is 139 Å². The molecule has 0 aliphatic heterocycles. The summed E-state index contributed by atoms with van der Waals surface area (Å²) in [6.07, 6.45) is 0. The van der Waals surface area contributed by atoms with E-state index in [1.807, 2.05) is 12.1 Å². The normalized spacial score (nSPS) is 16.1. The highest BCUT2D eigenvalue weighted by Crippen LogP contribution is 2.38. The summed E-state index contributed by atoms with van der Waals surface area (Å²) in [6, 6.07) is 7.15. The van der Waals surface area contributed by atoms with Crippen LogP contribution in [0.1, 0.15) is 20.6 Å². The lowest BCUT2D eigenvalue weighted by molar-refractivity contribution is 0.670. The molecule has 4 nitrogen and oxygen atoms in total. The summed E-state index contributed by atoms with van der Waals surface area (Å²) in [6.45, 7) is 0. The van der Waals surface area contributed by atoms with Crippen LogP contribution < -0.4 is 0 Å². The summed E-state index contributed by atoms with van der Waals surface area (Å²) < 4.78 is 137. The van der Waals surface area contributed by atoms with Gasteiger partial charge in [0.1, 0.15) is 11.2 Å². The number of benzene rings is 6. The molecule has 202 valence electrons. The van der Waals surface area contributed by atoms with E-state index in [2.05, 4.69) is 15.0 Å².